The van der Waals surface area contributed by atoms with Gasteiger partial charge in [0.25, 0.3) is 0 Å². The van der Waals surface area contributed by atoms with E-state index in [0.29, 0.717) is 13.1 Å². The highest BCUT2D eigenvalue weighted by Gasteiger charge is 2.25. The molecule has 2 N–H and O–H groups in total. The molecule has 1 rings (SSSR count). The minimum Gasteiger partial charge on any atom is -0.371 e. The molecule has 9 heteroatoms. The van der Waals surface area contributed by atoms with Gasteiger partial charge >= 0.3 is 5.69 Å². The van der Waals surface area contributed by atoms with Gasteiger partial charge in [-0.05, 0) is 12.8 Å². The van der Waals surface area contributed by atoms with Crippen molar-refractivity contribution in [3.8, 4) is 0 Å². The molecule has 0 saturated heterocycles. The average molecular weight is 335 g/mol. The first-order valence-corrected chi connectivity index (χ1v) is 9.24. The van der Waals surface area contributed by atoms with Crippen molar-refractivity contribution in [2.75, 3.05) is 18.4 Å². The minimum atomic E-state index is -3.68. The quantitative estimate of drug-likeness (QED) is 0.389. The number of nitro groups is 1. The van der Waals surface area contributed by atoms with E-state index in [0.717, 1.165) is 43.1 Å². The van der Waals surface area contributed by atoms with Crippen LogP contribution in [0.5, 0.6) is 0 Å². The van der Waals surface area contributed by atoms with Crippen LogP contribution in [0, 0.1) is 10.1 Å². The van der Waals surface area contributed by atoms with E-state index in [1.807, 2.05) is 13.8 Å². The van der Waals surface area contributed by atoms with Crippen molar-refractivity contribution in [1.29, 1.82) is 0 Å². The van der Waals surface area contributed by atoms with Gasteiger partial charge in [-0.3, -0.25) is 10.1 Å². The topological polar surface area (TPSA) is 101 Å². The van der Waals surface area contributed by atoms with E-state index >= 15 is 0 Å². The SMILES string of the molecule is CCCCCNS(=O)(=O)c1cc([N+](=O)[O-])c(NCCC)s1. The Morgan fingerprint density at radius 1 is 1.24 bits per heavy atom. The number of unbranched alkanes of at least 4 members (excludes halogenated alkanes) is 2. The Bertz CT molecular complexity index is 569. The van der Waals surface area contributed by atoms with Gasteiger partial charge in [0.05, 0.1) is 4.92 Å². The standard InChI is InChI=1S/C12H21N3O4S2/c1-3-5-6-8-14-21(18,19)11-9-10(15(16)17)12(20-11)13-7-4-2/h9,13-14H,3-8H2,1-2H3. The van der Waals surface area contributed by atoms with E-state index in [4.69, 9.17) is 0 Å². The van der Waals surface area contributed by atoms with Crippen LogP contribution in [-0.2, 0) is 10.0 Å². The maximum atomic E-state index is 12.1. The third kappa shape index (κ3) is 5.25. The first-order chi connectivity index (χ1) is 9.92. The van der Waals surface area contributed by atoms with Crippen molar-refractivity contribution in [2.45, 2.75) is 43.7 Å². The van der Waals surface area contributed by atoms with Gasteiger partial charge in [-0.15, -0.1) is 0 Å². The summed E-state index contributed by atoms with van der Waals surface area (Å²) in [4.78, 5) is 10.4. The summed E-state index contributed by atoms with van der Waals surface area (Å²) in [5.41, 5.74) is -0.192. The Hall–Kier alpha value is -1.19. The normalized spacial score (nSPS) is 11.5. The predicted octanol–water partition coefficient (Wildman–Crippen LogP) is 2.95. The fraction of sp³-hybridized carbons (Fsp3) is 0.667. The number of rotatable bonds is 10. The van der Waals surface area contributed by atoms with Crippen molar-refractivity contribution in [1.82, 2.24) is 4.72 Å². The third-order valence-corrected chi connectivity index (χ3v) is 5.78. The molecule has 1 aromatic heterocycles. The number of thiophene rings is 1. The number of anilines is 1. The zero-order valence-electron chi connectivity index (χ0n) is 12.2. The summed E-state index contributed by atoms with van der Waals surface area (Å²) >= 11 is 0.895. The van der Waals surface area contributed by atoms with Crippen LogP contribution in [0.2, 0.25) is 0 Å². The molecule has 0 amide bonds. The lowest BCUT2D eigenvalue weighted by atomic mass is 10.3. The van der Waals surface area contributed by atoms with Crippen LogP contribution < -0.4 is 10.0 Å². The van der Waals surface area contributed by atoms with E-state index in [9.17, 15) is 18.5 Å². The molecule has 7 nitrogen and oxygen atoms in total. The lowest BCUT2D eigenvalue weighted by molar-refractivity contribution is -0.383. The van der Waals surface area contributed by atoms with E-state index in [1.165, 1.54) is 0 Å². The van der Waals surface area contributed by atoms with Crippen molar-refractivity contribution in [3.63, 3.8) is 0 Å². The summed E-state index contributed by atoms with van der Waals surface area (Å²) in [5.74, 6) is 0. The second-order valence-electron chi connectivity index (χ2n) is 4.57. The fourth-order valence-corrected chi connectivity index (χ4v) is 4.12. The summed E-state index contributed by atoms with van der Waals surface area (Å²) in [6.45, 7) is 4.87. The van der Waals surface area contributed by atoms with Gasteiger partial charge in [0.15, 0.2) is 5.00 Å². The molecule has 0 atom stereocenters. The van der Waals surface area contributed by atoms with Crippen LogP contribution in [-0.4, -0.2) is 26.4 Å². The molecule has 0 aliphatic heterocycles. The Balaban J connectivity index is 2.88. The van der Waals surface area contributed by atoms with Crippen molar-refractivity contribution >= 4 is 32.0 Å². The molecule has 1 aromatic rings. The molecule has 0 radical (unpaired) electrons. The van der Waals surface area contributed by atoms with Gasteiger partial charge in [0, 0.05) is 19.2 Å². The highest BCUT2D eigenvalue weighted by molar-refractivity contribution is 7.91. The molecule has 0 saturated carbocycles. The number of hydrogen-bond donors (Lipinski definition) is 2. The molecule has 21 heavy (non-hydrogen) atoms. The van der Waals surface area contributed by atoms with Gasteiger partial charge in [-0.2, -0.15) is 0 Å². The van der Waals surface area contributed by atoms with Gasteiger partial charge in [0.1, 0.15) is 4.21 Å². The van der Waals surface area contributed by atoms with Gasteiger partial charge < -0.3 is 5.32 Å². The molecule has 0 bridgehead atoms. The molecule has 0 fully saturated rings. The molecular formula is C12H21N3O4S2. The predicted molar refractivity (Wildman–Crippen MR) is 84.5 cm³/mol. The smallest absolute Gasteiger partial charge is 0.304 e. The summed E-state index contributed by atoms with van der Waals surface area (Å²) in [6, 6.07) is 1.12. The number of hydrogen-bond acceptors (Lipinski definition) is 6. The van der Waals surface area contributed by atoms with E-state index < -0.39 is 14.9 Å². The number of nitrogens with zero attached hydrogens (tertiary/aromatic N) is 1. The van der Waals surface area contributed by atoms with E-state index in [-0.39, 0.29) is 14.9 Å². The molecule has 0 aliphatic rings. The Morgan fingerprint density at radius 2 is 1.95 bits per heavy atom. The van der Waals surface area contributed by atoms with Crippen LogP contribution in [0.1, 0.15) is 39.5 Å². The highest BCUT2D eigenvalue weighted by atomic mass is 32.2. The Labute approximate surface area is 129 Å². The maximum absolute atomic E-state index is 12.1. The van der Waals surface area contributed by atoms with Crippen molar-refractivity contribution < 1.29 is 13.3 Å². The lowest BCUT2D eigenvalue weighted by Crippen LogP contribution is -2.23. The van der Waals surface area contributed by atoms with Crippen LogP contribution >= 0.6 is 11.3 Å². The van der Waals surface area contributed by atoms with Gasteiger partial charge in [-0.1, -0.05) is 38.0 Å². The Kier molecular flexibility index (Phi) is 7.06. The van der Waals surface area contributed by atoms with Gasteiger partial charge in [0.2, 0.25) is 10.0 Å². The summed E-state index contributed by atoms with van der Waals surface area (Å²) in [7, 11) is -3.68. The van der Waals surface area contributed by atoms with Crippen LogP contribution in [0.4, 0.5) is 10.7 Å². The van der Waals surface area contributed by atoms with Gasteiger partial charge in [-0.25, -0.2) is 13.1 Å². The minimum absolute atomic E-state index is 0.0238. The molecule has 120 valence electrons. The van der Waals surface area contributed by atoms with Crippen LogP contribution in [0.25, 0.3) is 0 Å². The zero-order valence-corrected chi connectivity index (χ0v) is 13.8. The lowest BCUT2D eigenvalue weighted by Gasteiger charge is -2.03. The zero-order chi connectivity index (χ0) is 15.9. The Morgan fingerprint density at radius 3 is 2.52 bits per heavy atom. The maximum Gasteiger partial charge on any atom is 0.304 e. The van der Waals surface area contributed by atoms with Crippen LogP contribution in [0.3, 0.4) is 0 Å². The van der Waals surface area contributed by atoms with Crippen molar-refractivity contribution in [2.24, 2.45) is 0 Å². The molecule has 1 heterocycles. The second-order valence-corrected chi connectivity index (χ2v) is 7.61. The average Bonchev–Trinajstić information content (AvgIpc) is 2.86. The second kappa shape index (κ2) is 8.30. The largest absolute Gasteiger partial charge is 0.371 e. The number of sulfonamides is 1. The summed E-state index contributed by atoms with van der Waals surface area (Å²) in [5, 5.41) is 14.2. The fourth-order valence-electron chi connectivity index (χ4n) is 1.65. The molecule has 0 spiro atoms. The molecule has 0 aliphatic carbocycles. The molecule has 0 unspecified atom stereocenters. The van der Waals surface area contributed by atoms with E-state index in [2.05, 4.69) is 10.0 Å². The first kappa shape index (κ1) is 17.9. The van der Waals surface area contributed by atoms with Crippen molar-refractivity contribution in [3.05, 3.63) is 16.2 Å². The van der Waals surface area contributed by atoms with E-state index in [1.54, 1.807) is 0 Å². The molecular weight excluding hydrogens is 314 g/mol. The monoisotopic (exact) mass is 335 g/mol. The first-order valence-electron chi connectivity index (χ1n) is 6.94. The summed E-state index contributed by atoms with van der Waals surface area (Å²) in [6.07, 6.45) is 3.49. The summed E-state index contributed by atoms with van der Waals surface area (Å²) < 4.78 is 26.7. The third-order valence-electron chi connectivity index (χ3n) is 2.76. The number of nitrogens with one attached hydrogen (secondary N) is 2. The highest BCUT2D eigenvalue weighted by Crippen LogP contribution is 2.36. The molecule has 0 aromatic carbocycles. The van der Waals surface area contributed by atoms with Crippen LogP contribution in [0.15, 0.2) is 10.3 Å².